The van der Waals surface area contributed by atoms with Crippen LogP contribution in [0.3, 0.4) is 0 Å². The number of fused-ring (bicyclic) bond motifs is 1. The summed E-state index contributed by atoms with van der Waals surface area (Å²) >= 11 is 0. The maximum Gasteiger partial charge on any atom is 0.209 e. The predicted molar refractivity (Wildman–Crippen MR) is 46.9 cm³/mol. The van der Waals surface area contributed by atoms with Gasteiger partial charge in [-0.15, -0.1) is 0 Å². The topological polar surface area (TPSA) is 38.8 Å². The van der Waals surface area contributed by atoms with Crippen molar-refractivity contribution in [3.8, 4) is 0 Å². The van der Waals surface area contributed by atoms with Gasteiger partial charge in [0.15, 0.2) is 0 Å². The molecule has 0 spiro atoms. The highest BCUT2D eigenvalue weighted by atomic mass is 31.2. The average molecular weight is 190 g/mol. The van der Waals surface area contributed by atoms with Gasteiger partial charge in [-0.2, -0.15) is 0 Å². The second kappa shape index (κ2) is 2.14. The molecule has 2 heterocycles. The van der Waals surface area contributed by atoms with Crippen molar-refractivity contribution in [3.05, 3.63) is 0 Å². The highest BCUT2D eigenvalue weighted by Gasteiger charge is 2.73. The number of hydrogen-bond donors (Lipinski definition) is 0. The van der Waals surface area contributed by atoms with E-state index in [1.165, 1.54) is 0 Å². The molecule has 3 nitrogen and oxygen atoms in total. The first-order chi connectivity index (χ1) is 5.43. The minimum Gasteiger partial charge on any atom is -0.362 e. The van der Waals surface area contributed by atoms with Gasteiger partial charge >= 0.3 is 0 Å². The summed E-state index contributed by atoms with van der Waals surface area (Å²) in [5.74, 6) is 0. The Kier molecular flexibility index (Phi) is 1.56. The van der Waals surface area contributed by atoms with Gasteiger partial charge in [0.2, 0.25) is 7.37 Å². The van der Waals surface area contributed by atoms with Gasteiger partial charge in [0.05, 0.1) is 18.9 Å². The third kappa shape index (κ3) is 1.00. The molecule has 0 saturated carbocycles. The Balaban J connectivity index is 2.14. The van der Waals surface area contributed by atoms with E-state index in [2.05, 4.69) is 0 Å². The molecule has 2 rings (SSSR count). The van der Waals surface area contributed by atoms with E-state index in [0.29, 0.717) is 18.9 Å². The molecular formula is C8H15O3P. The Morgan fingerprint density at radius 3 is 2.33 bits per heavy atom. The maximum atomic E-state index is 12.0. The first-order valence-corrected chi connectivity index (χ1v) is 6.35. The zero-order valence-corrected chi connectivity index (χ0v) is 8.69. The molecule has 0 radical (unpaired) electrons. The summed E-state index contributed by atoms with van der Waals surface area (Å²) in [6.45, 7) is 6.47. The van der Waals surface area contributed by atoms with E-state index < -0.39 is 7.37 Å². The molecule has 0 bridgehead atoms. The van der Waals surface area contributed by atoms with Crippen LogP contribution in [0, 0.1) is 0 Å². The average Bonchev–Trinajstić information content (AvgIpc) is 2.22. The van der Waals surface area contributed by atoms with Crippen molar-refractivity contribution in [2.45, 2.75) is 32.0 Å². The van der Waals surface area contributed by atoms with Crippen molar-refractivity contribution in [2.75, 3.05) is 18.9 Å². The molecule has 2 fully saturated rings. The first-order valence-electron chi connectivity index (χ1n) is 4.36. The summed E-state index contributed by atoms with van der Waals surface area (Å²) in [6, 6.07) is 0. The monoisotopic (exact) mass is 190 g/mol. The molecule has 2 aliphatic heterocycles. The smallest absolute Gasteiger partial charge is 0.209 e. The van der Waals surface area contributed by atoms with Crippen LogP contribution >= 0.6 is 7.37 Å². The van der Waals surface area contributed by atoms with Crippen molar-refractivity contribution in [3.63, 3.8) is 0 Å². The maximum absolute atomic E-state index is 12.0. The largest absolute Gasteiger partial charge is 0.362 e. The van der Waals surface area contributed by atoms with E-state index in [1.54, 1.807) is 0 Å². The second-order valence-electron chi connectivity index (χ2n) is 4.11. The van der Waals surface area contributed by atoms with Crippen LogP contribution in [0.5, 0.6) is 0 Å². The van der Waals surface area contributed by atoms with E-state index in [0.717, 1.165) is 0 Å². The molecule has 70 valence electrons. The summed E-state index contributed by atoms with van der Waals surface area (Å²) in [6.07, 6.45) is 1.20. The van der Waals surface area contributed by atoms with Crippen molar-refractivity contribution in [1.29, 1.82) is 0 Å². The summed E-state index contributed by atoms with van der Waals surface area (Å²) in [5.41, 5.74) is -0.310. The molecule has 2 atom stereocenters. The first kappa shape index (κ1) is 8.74. The normalized spacial score (nSPS) is 56.9. The SMILES string of the molecule is CCOP1(=O)CC2(C)OC2(C)C1. The molecule has 0 N–H and O–H groups in total. The van der Waals surface area contributed by atoms with Crippen LogP contribution in [0.25, 0.3) is 0 Å². The molecule has 0 aromatic heterocycles. The molecule has 2 unspecified atom stereocenters. The number of hydrogen-bond acceptors (Lipinski definition) is 3. The van der Waals surface area contributed by atoms with Gasteiger partial charge < -0.3 is 9.26 Å². The second-order valence-corrected chi connectivity index (χ2v) is 6.63. The summed E-state index contributed by atoms with van der Waals surface area (Å²) in [7, 11) is -2.33. The number of epoxide rings is 1. The van der Waals surface area contributed by atoms with E-state index in [4.69, 9.17) is 9.26 Å². The van der Waals surface area contributed by atoms with Gasteiger partial charge in [-0.1, -0.05) is 0 Å². The van der Waals surface area contributed by atoms with Crippen LogP contribution in [0.4, 0.5) is 0 Å². The highest BCUT2D eigenvalue weighted by molar-refractivity contribution is 7.59. The van der Waals surface area contributed by atoms with E-state index in [1.807, 2.05) is 20.8 Å². The van der Waals surface area contributed by atoms with Gasteiger partial charge in [0, 0.05) is 0 Å². The van der Waals surface area contributed by atoms with Crippen LogP contribution in [0.2, 0.25) is 0 Å². The Bertz CT molecular complexity index is 245. The van der Waals surface area contributed by atoms with Crippen molar-refractivity contribution < 1.29 is 13.8 Å². The third-order valence-corrected chi connectivity index (χ3v) is 5.88. The minimum atomic E-state index is -2.33. The molecule has 0 aromatic carbocycles. The summed E-state index contributed by atoms with van der Waals surface area (Å²) in [5, 5.41) is 0. The predicted octanol–water partition coefficient (Wildman–Crippen LogP) is 1.86. The van der Waals surface area contributed by atoms with Gasteiger partial charge in [-0.05, 0) is 20.8 Å². The van der Waals surface area contributed by atoms with Crippen LogP contribution in [-0.2, 0) is 13.8 Å². The van der Waals surface area contributed by atoms with E-state index in [-0.39, 0.29) is 11.2 Å². The molecule has 12 heavy (non-hydrogen) atoms. The Hall–Kier alpha value is 0.150. The van der Waals surface area contributed by atoms with Crippen LogP contribution < -0.4 is 0 Å². The lowest BCUT2D eigenvalue weighted by Crippen LogP contribution is -2.15. The number of ether oxygens (including phenoxy) is 1. The van der Waals surface area contributed by atoms with Crippen LogP contribution in [0.15, 0.2) is 0 Å². The van der Waals surface area contributed by atoms with E-state index >= 15 is 0 Å². The Morgan fingerprint density at radius 1 is 1.42 bits per heavy atom. The Morgan fingerprint density at radius 2 is 1.92 bits per heavy atom. The van der Waals surface area contributed by atoms with Gasteiger partial charge in [-0.3, -0.25) is 4.57 Å². The zero-order chi connectivity index (χ0) is 9.04. The summed E-state index contributed by atoms with van der Waals surface area (Å²) in [4.78, 5) is 0. The lowest BCUT2D eigenvalue weighted by molar-refractivity contribution is 0.264. The molecule has 4 heteroatoms. The molecule has 2 aliphatic rings. The fraction of sp³-hybridized carbons (Fsp3) is 1.00. The highest BCUT2D eigenvalue weighted by Crippen LogP contribution is 2.70. The van der Waals surface area contributed by atoms with Crippen LogP contribution in [-0.4, -0.2) is 30.1 Å². The lowest BCUT2D eigenvalue weighted by atomic mass is 10.0. The molecular weight excluding hydrogens is 175 g/mol. The van der Waals surface area contributed by atoms with Gasteiger partial charge in [0.1, 0.15) is 11.2 Å². The fourth-order valence-corrected chi connectivity index (χ4v) is 5.57. The van der Waals surface area contributed by atoms with Gasteiger partial charge in [0.25, 0.3) is 0 Å². The molecule has 0 aromatic rings. The number of rotatable bonds is 2. The van der Waals surface area contributed by atoms with Crippen molar-refractivity contribution in [1.82, 2.24) is 0 Å². The molecule has 0 amide bonds. The van der Waals surface area contributed by atoms with Crippen molar-refractivity contribution >= 4 is 7.37 Å². The van der Waals surface area contributed by atoms with Gasteiger partial charge in [-0.25, -0.2) is 0 Å². The summed E-state index contributed by atoms with van der Waals surface area (Å²) < 4.78 is 22.8. The fourth-order valence-electron chi connectivity index (χ4n) is 2.17. The van der Waals surface area contributed by atoms with Crippen LogP contribution in [0.1, 0.15) is 20.8 Å². The van der Waals surface area contributed by atoms with Crippen molar-refractivity contribution in [2.24, 2.45) is 0 Å². The van der Waals surface area contributed by atoms with E-state index in [9.17, 15) is 4.57 Å². The molecule has 0 aliphatic carbocycles. The molecule has 2 saturated heterocycles. The standard InChI is InChI=1S/C8H15O3P/c1-4-10-12(9)5-7(2)8(3,6-12)11-7/h4-6H2,1-3H3. The quantitative estimate of drug-likeness (QED) is 0.492. The lowest BCUT2D eigenvalue weighted by Gasteiger charge is -2.14. The zero-order valence-electron chi connectivity index (χ0n) is 7.79. The minimum absolute atomic E-state index is 0.155. The Labute approximate surface area is 72.9 Å². The third-order valence-electron chi connectivity index (χ3n) is 2.98.